The van der Waals surface area contributed by atoms with Gasteiger partial charge in [0.1, 0.15) is 5.82 Å². The van der Waals surface area contributed by atoms with Gasteiger partial charge in [-0.05, 0) is 30.5 Å². The topological polar surface area (TPSA) is 66.8 Å². The Balaban J connectivity index is 2.30. The Hall–Kier alpha value is -1.95. The van der Waals surface area contributed by atoms with E-state index >= 15 is 0 Å². The third-order valence-corrected chi connectivity index (χ3v) is 3.98. The summed E-state index contributed by atoms with van der Waals surface area (Å²) in [6, 6.07) is 5.13. The molecule has 0 unspecified atom stereocenters. The van der Waals surface area contributed by atoms with E-state index < -0.39 is 17.9 Å². The number of ether oxygens (including phenoxy) is 1. The first kappa shape index (κ1) is 16.4. The summed E-state index contributed by atoms with van der Waals surface area (Å²) in [6.07, 6.45) is 1.16. The quantitative estimate of drug-likeness (QED) is 0.818. The lowest BCUT2D eigenvalue weighted by Crippen LogP contribution is -2.45. The van der Waals surface area contributed by atoms with Gasteiger partial charge in [0.25, 0.3) is 0 Å². The van der Waals surface area contributed by atoms with E-state index in [-0.39, 0.29) is 18.1 Å². The van der Waals surface area contributed by atoms with Gasteiger partial charge in [0.05, 0.1) is 12.0 Å². The highest BCUT2D eigenvalue weighted by molar-refractivity contribution is 5.81. The van der Waals surface area contributed by atoms with Gasteiger partial charge >= 0.3 is 5.97 Å². The SMILES string of the molecule is COCCCN1C(=O)CC[C@H](C(=O)O)[C@H]1c1ccc(F)cc1. The number of carbonyl (C=O) groups is 2. The summed E-state index contributed by atoms with van der Waals surface area (Å²) in [7, 11) is 1.58. The molecule has 22 heavy (non-hydrogen) atoms. The van der Waals surface area contributed by atoms with Gasteiger partial charge < -0.3 is 14.7 Å². The van der Waals surface area contributed by atoms with E-state index in [1.807, 2.05) is 0 Å². The maximum atomic E-state index is 13.1. The Morgan fingerprint density at radius 2 is 2.09 bits per heavy atom. The molecule has 2 rings (SSSR count). The highest BCUT2D eigenvalue weighted by Crippen LogP contribution is 2.37. The number of likely N-dealkylation sites (tertiary alicyclic amines) is 1. The number of nitrogens with zero attached hydrogens (tertiary/aromatic N) is 1. The minimum absolute atomic E-state index is 0.0667. The summed E-state index contributed by atoms with van der Waals surface area (Å²) in [5, 5.41) is 9.46. The molecule has 1 aromatic rings. The molecule has 1 saturated heterocycles. The third-order valence-electron chi connectivity index (χ3n) is 3.98. The number of rotatable bonds is 6. The van der Waals surface area contributed by atoms with Crippen molar-refractivity contribution in [3.8, 4) is 0 Å². The molecular weight excluding hydrogens is 289 g/mol. The zero-order chi connectivity index (χ0) is 16.1. The number of carbonyl (C=O) groups excluding carboxylic acids is 1. The summed E-state index contributed by atoms with van der Waals surface area (Å²) >= 11 is 0. The van der Waals surface area contributed by atoms with Crippen molar-refractivity contribution < 1.29 is 23.8 Å². The smallest absolute Gasteiger partial charge is 0.308 e. The Bertz CT molecular complexity index is 531. The monoisotopic (exact) mass is 309 g/mol. The Morgan fingerprint density at radius 3 is 2.68 bits per heavy atom. The van der Waals surface area contributed by atoms with Crippen molar-refractivity contribution >= 4 is 11.9 Å². The molecule has 1 amide bonds. The van der Waals surface area contributed by atoms with E-state index in [1.165, 1.54) is 12.1 Å². The second kappa shape index (κ2) is 7.35. The molecule has 1 aliphatic heterocycles. The minimum Gasteiger partial charge on any atom is -0.481 e. The van der Waals surface area contributed by atoms with Crippen molar-refractivity contribution in [2.45, 2.75) is 25.3 Å². The number of hydrogen-bond acceptors (Lipinski definition) is 3. The molecule has 1 fully saturated rings. The molecule has 1 aromatic carbocycles. The minimum atomic E-state index is -0.932. The summed E-state index contributed by atoms with van der Waals surface area (Å²) < 4.78 is 18.1. The Morgan fingerprint density at radius 1 is 1.41 bits per heavy atom. The molecule has 6 heteroatoms. The van der Waals surface area contributed by atoms with Gasteiger partial charge in [-0.1, -0.05) is 12.1 Å². The number of aliphatic carboxylic acids is 1. The van der Waals surface area contributed by atoms with Crippen LogP contribution in [0, 0.1) is 11.7 Å². The van der Waals surface area contributed by atoms with E-state index in [0.29, 0.717) is 31.6 Å². The van der Waals surface area contributed by atoms with Crippen molar-refractivity contribution in [1.29, 1.82) is 0 Å². The lowest BCUT2D eigenvalue weighted by molar-refractivity contribution is -0.152. The average Bonchev–Trinajstić information content (AvgIpc) is 2.49. The van der Waals surface area contributed by atoms with Gasteiger partial charge in [0.15, 0.2) is 0 Å². The zero-order valence-electron chi connectivity index (χ0n) is 12.5. The molecule has 0 aliphatic carbocycles. The second-order valence-electron chi connectivity index (χ2n) is 5.41. The van der Waals surface area contributed by atoms with Gasteiger partial charge in [0.2, 0.25) is 5.91 Å². The number of benzene rings is 1. The van der Waals surface area contributed by atoms with Gasteiger partial charge in [-0.15, -0.1) is 0 Å². The normalized spacial score (nSPS) is 21.9. The Kier molecular flexibility index (Phi) is 5.49. The number of methoxy groups -OCH3 is 1. The predicted octanol–water partition coefficient (Wildman–Crippen LogP) is 2.23. The van der Waals surface area contributed by atoms with Gasteiger partial charge in [-0.3, -0.25) is 9.59 Å². The standard InChI is InChI=1S/C16H20FNO4/c1-22-10-2-9-18-14(19)8-7-13(16(20)21)15(18)11-3-5-12(17)6-4-11/h3-6,13,15H,2,7-10H2,1H3,(H,20,21)/t13-,15+/m0/s1. The molecule has 120 valence electrons. The van der Waals surface area contributed by atoms with E-state index in [9.17, 15) is 19.1 Å². The van der Waals surface area contributed by atoms with Crippen LogP contribution in [0.25, 0.3) is 0 Å². The number of piperidine rings is 1. The van der Waals surface area contributed by atoms with E-state index in [4.69, 9.17) is 4.74 Å². The lowest BCUT2D eigenvalue weighted by Gasteiger charge is -2.40. The van der Waals surface area contributed by atoms with Gasteiger partial charge in [0, 0.05) is 26.7 Å². The number of hydrogen-bond donors (Lipinski definition) is 1. The van der Waals surface area contributed by atoms with E-state index in [0.717, 1.165) is 0 Å². The first-order chi connectivity index (χ1) is 10.5. The average molecular weight is 309 g/mol. The molecule has 1 N–H and O–H groups in total. The van der Waals surface area contributed by atoms with Crippen molar-refractivity contribution in [1.82, 2.24) is 4.90 Å². The first-order valence-corrected chi connectivity index (χ1v) is 7.31. The maximum Gasteiger partial charge on any atom is 0.308 e. The fourth-order valence-electron chi connectivity index (χ4n) is 2.93. The van der Waals surface area contributed by atoms with Gasteiger partial charge in [-0.25, -0.2) is 4.39 Å². The number of carboxylic acids is 1. The molecule has 0 radical (unpaired) electrons. The molecule has 0 aromatic heterocycles. The zero-order valence-corrected chi connectivity index (χ0v) is 12.5. The van der Waals surface area contributed by atoms with Crippen LogP contribution in [0.4, 0.5) is 4.39 Å². The van der Waals surface area contributed by atoms with Crippen LogP contribution in [0.15, 0.2) is 24.3 Å². The number of carboxylic acid groups (broad SMARTS) is 1. The highest BCUT2D eigenvalue weighted by atomic mass is 19.1. The molecule has 2 atom stereocenters. The lowest BCUT2D eigenvalue weighted by atomic mass is 9.84. The van der Waals surface area contributed by atoms with Crippen LogP contribution in [-0.4, -0.2) is 42.1 Å². The summed E-state index contributed by atoms with van der Waals surface area (Å²) in [4.78, 5) is 25.4. The number of halogens is 1. The summed E-state index contributed by atoms with van der Waals surface area (Å²) in [5.74, 6) is -2.06. The summed E-state index contributed by atoms with van der Waals surface area (Å²) in [5.41, 5.74) is 0.652. The van der Waals surface area contributed by atoms with Crippen molar-refractivity contribution in [3.05, 3.63) is 35.6 Å². The second-order valence-corrected chi connectivity index (χ2v) is 5.41. The van der Waals surface area contributed by atoms with Crippen LogP contribution in [0.3, 0.4) is 0 Å². The fourth-order valence-corrected chi connectivity index (χ4v) is 2.93. The van der Waals surface area contributed by atoms with Crippen LogP contribution in [0.5, 0.6) is 0 Å². The summed E-state index contributed by atoms with van der Waals surface area (Å²) in [6.45, 7) is 0.927. The predicted molar refractivity (Wildman–Crippen MR) is 77.7 cm³/mol. The molecule has 0 saturated carbocycles. The molecule has 1 heterocycles. The highest BCUT2D eigenvalue weighted by Gasteiger charge is 2.40. The molecule has 0 spiro atoms. The van der Waals surface area contributed by atoms with Crippen molar-refractivity contribution in [2.75, 3.05) is 20.3 Å². The molecule has 1 aliphatic rings. The van der Waals surface area contributed by atoms with Crippen LogP contribution in [0.1, 0.15) is 30.9 Å². The fraction of sp³-hybridized carbons (Fsp3) is 0.500. The third kappa shape index (κ3) is 3.62. The van der Waals surface area contributed by atoms with Crippen LogP contribution < -0.4 is 0 Å². The number of amides is 1. The maximum absolute atomic E-state index is 13.1. The molecule has 5 nitrogen and oxygen atoms in total. The van der Waals surface area contributed by atoms with Crippen LogP contribution in [-0.2, 0) is 14.3 Å². The van der Waals surface area contributed by atoms with Gasteiger partial charge in [-0.2, -0.15) is 0 Å². The first-order valence-electron chi connectivity index (χ1n) is 7.31. The van der Waals surface area contributed by atoms with E-state index in [1.54, 1.807) is 24.1 Å². The van der Waals surface area contributed by atoms with E-state index in [2.05, 4.69) is 0 Å². The van der Waals surface area contributed by atoms with Crippen LogP contribution >= 0.6 is 0 Å². The Labute approximate surface area is 128 Å². The van der Waals surface area contributed by atoms with Crippen molar-refractivity contribution in [2.24, 2.45) is 5.92 Å². The largest absolute Gasteiger partial charge is 0.481 e. The molecular formula is C16H20FNO4. The van der Waals surface area contributed by atoms with Crippen LogP contribution in [0.2, 0.25) is 0 Å². The van der Waals surface area contributed by atoms with Crippen molar-refractivity contribution in [3.63, 3.8) is 0 Å². The molecule has 0 bridgehead atoms.